The van der Waals surface area contributed by atoms with Gasteiger partial charge in [0, 0.05) is 16.5 Å². The van der Waals surface area contributed by atoms with Gasteiger partial charge in [0.05, 0.1) is 35.1 Å². The highest BCUT2D eigenvalue weighted by Crippen LogP contribution is 2.42. The van der Waals surface area contributed by atoms with Crippen molar-refractivity contribution >= 4 is 16.9 Å². The Morgan fingerprint density at radius 1 is 1.22 bits per heavy atom. The standard InChI is InChI=1S/C25H26N2O5/c1-5-15-16-9-14(28)7-8-20(16)26-22-17(15)11-27-21(22)10-19-18(23(27)29)12-31-24(30)25(19,6-2)32-13(3)4/h7-10,13,28H,5-6,11-12H2,1-4H3/t25-/m0/s1. The summed E-state index contributed by atoms with van der Waals surface area (Å²) in [5.41, 5.74) is 3.79. The summed E-state index contributed by atoms with van der Waals surface area (Å²) in [6, 6.07) is 7.03. The van der Waals surface area contributed by atoms with Gasteiger partial charge in [0.25, 0.3) is 5.56 Å². The Morgan fingerprint density at radius 2 is 2.00 bits per heavy atom. The van der Waals surface area contributed by atoms with Gasteiger partial charge in [-0.05, 0) is 56.5 Å². The van der Waals surface area contributed by atoms with Gasteiger partial charge in [-0.15, -0.1) is 0 Å². The summed E-state index contributed by atoms with van der Waals surface area (Å²) in [5, 5.41) is 10.9. The van der Waals surface area contributed by atoms with Crippen LogP contribution in [0.5, 0.6) is 5.75 Å². The van der Waals surface area contributed by atoms with Crippen LogP contribution in [0.4, 0.5) is 0 Å². The lowest BCUT2D eigenvalue weighted by Gasteiger charge is -2.37. The molecule has 1 atom stereocenters. The molecule has 0 saturated carbocycles. The molecule has 2 aromatic heterocycles. The van der Waals surface area contributed by atoms with Crippen molar-refractivity contribution in [1.82, 2.24) is 9.55 Å². The number of pyridine rings is 2. The normalized spacial score (nSPS) is 19.1. The van der Waals surface area contributed by atoms with Crippen LogP contribution in [0.15, 0.2) is 29.1 Å². The number of phenolic OH excluding ortho intramolecular Hbond substituents is 1. The van der Waals surface area contributed by atoms with Crippen molar-refractivity contribution in [3.05, 3.63) is 56.9 Å². The van der Waals surface area contributed by atoms with E-state index in [4.69, 9.17) is 14.5 Å². The number of rotatable bonds is 4. The second-order valence-electron chi connectivity index (χ2n) is 8.71. The van der Waals surface area contributed by atoms with E-state index in [9.17, 15) is 14.7 Å². The molecule has 7 nitrogen and oxygen atoms in total. The minimum atomic E-state index is -1.31. The molecule has 0 fully saturated rings. The van der Waals surface area contributed by atoms with Crippen LogP contribution in [0, 0.1) is 0 Å². The molecule has 0 aliphatic carbocycles. The molecule has 4 heterocycles. The van der Waals surface area contributed by atoms with Crippen molar-refractivity contribution in [2.45, 2.75) is 65.4 Å². The third-order valence-corrected chi connectivity index (χ3v) is 6.55. The van der Waals surface area contributed by atoms with Crippen LogP contribution in [0.25, 0.3) is 22.3 Å². The zero-order chi connectivity index (χ0) is 22.8. The van der Waals surface area contributed by atoms with Crippen molar-refractivity contribution in [2.24, 2.45) is 0 Å². The Bertz CT molecular complexity index is 1340. The van der Waals surface area contributed by atoms with Gasteiger partial charge >= 0.3 is 5.97 Å². The fraction of sp³-hybridized carbons (Fsp3) is 0.400. The molecule has 7 heteroatoms. The van der Waals surface area contributed by atoms with Crippen molar-refractivity contribution in [1.29, 1.82) is 0 Å². The van der Waals surface area contributed by atoms with E-state index in [1.165, 1.54) is 0 Å². The Kier molecular flexibility index (Phi) is 4.64. The van der Waals surface area contributed by atoms with Crippen molar-refractivity contribution in [3.63, 3.8) is 0 Å². The Labute approximate surface area is 185 Å². The number of aromatic hydroxyl groups is 1. The average Bonchev–Trinajstić information content (AvgIpc) is 3.12. The van der Waals surface area contributed by atoms with Gasteiger partial charge in [0.15, 0.2) is 5.60 Å². The monoisotopic (exact) mass is 434 g/mol. The molecule has 3 aromatic rings. The van der Waals surface area contributed by atoms with E-state index >= 15 is 0 Å². The molecule has 0 spiro atoms. The van der Waals surface area contributed by atoms with E-state index in [-0.39, 0.29) is 24.0 Å². The lowest BCUT2D eigenvalue weighted by atomic mass is 9.85. The summed E-state index contributed by atoms with van der Waals surface area (Å²) in [4.78, 5) is 31.3. The van der Waals surface area contributed by atoms with Crippen LogP contribution in [-0.4, -0.2) is 26.7 Å². The number of hydrogen-bond donors (Lipinski definition) is 1. The number of fused-ring (bicyclic) bond motifs is 5. The highest BCUT2D eigenvalue weighted by Gasteiger charge is 2.48. The van der Waals surface area contributed by atoms with E-state index in [0.717, 1.165) is 34.1 Å². The zero-order valence-electron chi connectivity index (χ0n) is 18.7. The zero-order valence-corrected chi connectivity index (χ0v) is 18.7. The van der Waals surface area contributed by atoms with Gasteiger partial charge in [-0.2, -0.15) is 0 Å². The van der Waals surface area contributed by atoms with Gasteiger partial charge in [-0.1, -0.05) is 13.8 Å². The second kappa shape index (κ2) is 7.17. The lowest BCUT2D eigenvalue weighted by Crippen LogP contribution is -2.47. The van der Waals surface area contributed by atoms with Crippen molar-refractivity contribution < 1.29 is 19.4 Å². The number of carbonyl (C=O) groups is 1. The average molecular weight is 434 g/mol. The fourth-order valence-electron chi connectivity index (χ4n) is 5.14. The summed E-state index contributed by atoms with van der Waals surface area (Å²) in [7, 11) is 0. The predicted octanol–water partition coefficient (Wildman–Crippen LogP) is 3.78. The van der Waals surface area contributed by atoms with E-state index in [1.807, 2.05) is 26.8 Å². The number of phenols is 1. The number of ether oxygens (including phenoxy) is 2. The third-order valence-electron chi connectivity index (χ3n) is 6.55. The Balaban J connectivity index is 1.81. The maximum atomic E-state index is 13.6. The molecule has 0 amide bonds. The molecular formula is C25H26N2O5. The first-order valence-corrected chi connectivity index (χ1v) is 11.1. The van der Waals surface area contributed by atoms with Gasteiger partial charge < -0.3 is 19.1 Å². The summed E-state index contributed by atoms with van der Waals surface area (Å²) in [6.07, 6.45) is 0.875. The van der Waals surface area contributed by atoms with Crippen LogP contribution < -0.4 is 5.56 Å². The maximum absolute atomic E-state index is 13.6. The summed E-state index contributed by atoms with van der Waals surface area (Å²) in [6.45, 7) is 8.00. The van der Waals surface area contributed by atoms with Gasteiger partial charge in [-0.3, -0.25) is 4.79 Å². The number of aromatic nitrogens is 2. The van der Waals surface area contributed by atoms with E-state index in [0.29, 0.717) is 29.8 Å². The molecule has 166 valence electrons. The first-order valence-electron chi connectivity index (χ1n) is 11.1. The molecule has 2 aliphatic heterocycles. The smallest absolute Gasteiger partial charge is 0.343 e. The topological polar surface area (TPSA) is 90.7 Å². The van der Waals surface area contributed by atoms with E-state index in [1.54, 1.807) is 22.8 Å². The molecule has 0 bridgehead atoms. The number of esters is 1. The van der Waals surface area contributed by atoms with Crippen LogP contribution in [-0.2, 0) is 39.4 Å². The molecule has 0 radical (unpaired) electrons. The highest BCUT2D eigenvalue weighted by molar-refractivity contribution is 5.90. The summed E-state index contributed by atoms with van der Waals surface area (Å²) in [5.74, 6) is -0.272. The van der Waals surface area contributed by atoms with Crippen molar-refractivity contribution in [2.75, 3.05) is 0 Å². The van der Waals surface area contributed by atoms with E-state index < -0.39 is 11.6 Å². The third kappa shape index (κ3) is 2.73. The van der Waals surface area contributed by atoms with Crippen LogP contribution in [0.3, 0.4) is 0 Å². The first-order chi connectivity index (χ1) is 15.3. The van der Waals surface area contributed by atoms with Crippen LogP contribution in [0.1, 0.15) is 56.4 Å². The van der Waals surface area contributed by atoms with Gasteiger partial charge in [-0.25, -0.2) is 9.78 Å². The molecule has 0 unspecified atom stereocenters. The molecule has 5 rings (SSSR count). The van der Waals surface area contributed by atoms with Crippen LogP contribution in [0.2, 0.25) is 0 Å². The molecule has 1 N–H and O–H groups in total. The summed E-state index contributed by atoms with van der Waals surface area (Å²) < 4.78 is 13.3. The number of carbonyl (C=O) groups excluding carboxylic acids is 1. The molecule has 0 saturated heterocycles. The van der Waals surface area contributed by atoms with E-state index in [2.05, 4.69) is 6.92 Å². The number of hydrogen-bond acceptors (Lipinski definition) is 6. The molecular weight excluding hydrogens is 408 g/mol. The quantitative estimate of drug-likeness (QED) is 0.492. The fourth-order valence-corrected chi connectivity index (χ4v) is 5.14. The first kappa shape index (κ1) is 20.7. The van der Waals surface area contributed by atoms with Crippen LogP contribution >= 0.6 is 0 Å². The Morgan fingerprint density at radius 3 is 2.69 bits per heavy atom. The minimum Gasteiger partial charge on any atom is -0.508 e. The number of aryl methyl sites for hydroxylation is 1. The lowest BCUT2D eigenvalue weighted by molar-refractivity contribution is -0.187. The predicted molar refractivity (Wildman–Crippen MR) is 120 cm³/mol. The molecule has 2 aliphatic rings. The highest BCUT2D eigenvalue weighted by atomic mass is 16.6. The SMILES string of the molecule is CCc1c2c(nc3ccc(O)cc13)-c1cc3c(c(=O)n1C2)COC(=O)[C@@]3(CC)OC(C)C. The molecule has 32 heavy (non-hydrogen) atoms. The number of nitrogens with zero attached hydrogens (tertiary/aromatic N) is 2. The maximum Gasteiger partial charge on any atom is 0.343 e. The Hall–Kier alpha value is -3.19. The van der Waals surface area contributed by atoms with Gasteiger partial charge in [0.1, 0.15) is 12.4 Å². The van der Waals surface area contributed by atoms with Crippen molar-refractivity contribution in [3.8, 4) is 17.1 Å². The summed E-state index contributed by atoms with van der Waals surface area (Å²) >= 11 is 0. The number of benzene rings is 1. The largest absolute Gasteiger partial charge is 0.508 e. The molecule has 1 aromatic carbocycles. The van der Waals surface area contributed by atoms with Gasteiger partial charge in [0.2, 0.25) is 0 Å². The minimum absolute atomic E-state index is 0.0588. The number of cyclic esters (lactones) is 1. The second-order valence-corrected chi connectivity index (χ2v) is 8.71.